The summed E-state index contributed by atoms with van der Waals surface area (Å²) in [5.74, 6) is -0.885. The SMILES string of the molecule is CCc1ccc(NCCCCC(=O)CN2C(=O)C=CC2=O)cc1. The number of anilines is 1. The molecule has 1 aromatic carbocycles. The van der Waals surface area contributed by atoms with E-state index in [2.05, 4.69) is 36.5 Å². The number of rotatable bonds is 9. The quantitative estimate of drug-likeness (QED) is 0.561. The van der Waals surface area contributed by atoms with Crippen LogP contribution in [-0.4, -0.2) is 35.6 Å². The Hall–Kier alpha value is -2.43. The number of benzene rings is 1. The molecule has 1 aliphatic rings. The minimum Gasteiger partial charge on any atom is -0.385 e. The van der Waals surface area contributed by atoms with E-state index in [4.69, 9.17) is 0 Å². The van der Waals surface area contributed by atoms with Crippen LogP contribution in [0.4, 0.5) is 5.69 Å². The first kappa shape index (κ1) is 16.9. The number of nitrogens with zero attached hydrogens (tertiary/aromatic N) is 1. The van der Waals surface area contributed by atoms with Crippen LogP contribution in [0.2, 0.25) is 0 Å². The van der Waals surface area contributed by atoms with E-state index in [0.717, 1.165) is 36.4 Å². The molecule has 5 heteroatoms. The summed E-state index contributed by atoms with van der Waals surface area (Å²) in [6.45, 7) is 2.80. The lowest BCUT2D eigenvalue weighted by Gasteiger charge is -2.12. The van der Waals surface area contributed by atoms with Crippen LogP contribution < -0.4 is 5.32 Å². The van der Waals surface area contributed by atoms with Gasteiger partial charge in [0.2, 0.25) is 0 Å². The number of unbranched alkanes of at least 4 members (excludes halogenated alkanes) is 1. The van der Waals surface area contributed by atoms with Crippen molar-refractivity contribution in [3.8, 4) is 0 Å². The van der Waals surface area contributed by atoms with Crippen molar-refractivity contribution in [1.29, 1.82) is 0 Å². The van der Waals surface area contributed by atoms with Gasteiger partial charge in [-0.3, -0.25) is 19.3 Å². The molecular weight excluding hydrogens is 292 g/mol. The molecule has 0 bridgehead atoms. The zero-order valence-electron chi connectivity index (χ0n) is 13.4. The van der Waals surface area contributed by atoms with Gasteiger partial charge in [0.05, 0.1) is 6.54 Å². The molecule has 122 valence electrons. The van der Waals surface area contributed by atoms with E-state index in [1.807, 2.05) is 0 Å². The Kier molecular flexibility index (Phi) is 6.09. The van der Waals surface area contributed by atoms with Crippen molar-refractivity contribution in [2.45, 2.75) is 32.6 Å². The maximum absolute atomic E-state index is 11.8. The van der Waals surface area contributed by atoms with Gasteiger partial charge in [0, 0.05) is 30.8 Å². The topological polar surface area (TPSA) is 66.5 Å². The van der Waals surface area contributed by atoms with Crippen LogP contribution >= 0.6 is 0 Å². The second-order valence-electron chi connectivity index (χ2n) is 5.57. The highest BCUT2D eigenvalue weighted by Crippen LogP contribution is 2.10. The third-order valence-electron chi connectivity index (χ3n) is 3.81. The predicted molar refractivity (Wildman–Crippen MR) is 89.0 cm³/mol. The number of Topliss-reactive ketones (excluding diaryl/α,β-unsaturated/α-hetero) is 1. The summed E-state index contributed by atoms with van der Waals surface area (Å²) in [5.41, 5.74) is 2.38. The highest BCUT2D eigenvalue weighted by Gasteiger charge is 2.24. The van der Waals surface area contributed by atoms with Crippen molar-refractivity contribution in [3.05, 3.63) is 42.0 Å². The summed E-state index contributed by atoms with van der Waals surface area (Å²) < 4.78 is 0. The highest BCUT2D eigenvalue weighted by atomic mass is 16.2. The Labute approximate surface area is 136 Å². The molecule has 0 fully saturated rings. The van der Waals surface area contributed by atoms with Crippen molar-refractivity contribution in [2.75, 3.05) is 18.4 Å². The number of ketones is 1. The van der Waals surface area contributed by atoms with Crippen LogP contribution in [0, 0.1) is 0 Å². The first-order valence-corrected chi connectivity index (χ1v) is 7.98. The number of imide groups is 1. The smallest absolute Gasteiger partial charge is 0.254 e. The number of amides is 2. The molecule has 23 heavy (non-hydrogen) atoms. The van der Waals surface area contributed by atoms with E-state index >= 15 is 0 Å². The molecule has 1 heterocycles. The molecule has 1 aromatic rings. The first-order chi connectivity index (χ1) is 11.1. The standard InChI is InChI=1S/C18H22N2O3/c1-2-14-6-8-15(9-7-14)19-12-4-3-5-16(21)13-20-17(22)10-11-18(20)23/h6-11,19H,2-5,12-13H2,1H3. The van der Waals surface area contributed by atoms with Crippen LogP contribution in [0.1, 0.15) is 31.7 Å². The van der Waals surface area contributed by atoms with Crippen molar-refractivity contribution in [1.82, 2.24) is 4.90 Å². The van der Waals surface area contributed by atoms with Crippen LogP contribution in [-0.2, 0) is 20.8 Å². The average Bonchev–Trinajstić information content (AvgIpc) is 2.87. The molecule has 2 amide bonds. The number of carbonyl (C=O) groups excluding carboxylic acids is 3. The van der Waals surface area contributed by atoms with Gasteiger partial charge >= 0.3 is 0 Å². The van der Waals surface area contributed by atoms with Crippen LogP contribution in [0.3, 0.4) is 0 Å². The molecule has 0 aromatic heterocycles. The molecule has 0 unspecified atom stereocenters. The van der Waals surface area contributed by atoms with Gasteiger partial charge in [0.15, 0.2) is 5.78 Å². The van der Waals surface area contributed by atoms with Gasteiger partial charge in [-0.1, -0.05) is 19.1 Å². The highest BCUT2D eigenvalue weighted by molar-refractivity contribution is 6.14. The van der Waals surface area contributed by atoms with Crippen LogP contribution in [0.5, 0.6) is 0 Å². The predicted octanol–water partition coefficient (Wildman–Crippen LogP) is 2.33. The fourth-order valence-corrected chi connectivity index (χ4v) is 2.38. The Balaban J connectivity index is 1.60. The number of nitrogens with one attached hydrogen (secondary N) is 1. The summed E-state index contributed by atoms with van der Waals surface area (Å²) in [6, 6.07) is 8.32. The van der Waals surface area contributed by atoms with E-state index in [1.165, 1.54) is 17.7 Å². The maximum Gasteiger partial charge on any atom is 0.254 e. The molecule has 0 saturated carbocycles. The summed E-state index contributed by atoms with van der Waals surface area (Å²) in [7, 11) is 0. The largest absolute Gasteiger partial charge is 0.385 e. The summed E-state index contributed by atoms with van der Waals surface area (Å²) in [4.78, 5) is 35.5. The van der Waals surface area contributed by atoms with Gasteiger partial charge in [-0.05, 0) is 37.0 Å². The van der Waals surface area contributed by atoms with Crippen LogP contribution in [0.25, 0.3) is 0 Å². The van der Waals surface area contributed by atoms with Gasteiger partial charge in [0.1, 0.15) is 0 Å². The van der Waals surface area contributed by atoms with Gasteiger partial charge in [-0.15, -0.1) is 0 Å². The van der Waals surface area contributed by atoms with Gasteiger partial charge < -0.3 is 5.32 Å². The number of hydrogen-bond donors (Lipinski definition) is 1. The Morgan fingerprint density at radius 2 is 1.70 bits per heavy atom. The van der Waals surface area contributed by atoms with Crippen LogP contribution in [0.15, 0.2) is 36.4 Å². The lowest BCUT2D eigenvalue weighted by atomic mass is 10.1. The monoisotopic (exact) mass is 314 g/mol. The average molecular weight is 314 g/mol. The van der Waals surface area contributed by atoms with Crippen molar-refractivity contribution in [2.24, 2.45) is 0 Å². The zero-order valence-corrected chi connectivity index (χ0v) is 13.4. The Bertz CT molecular complexity index is 587. The summed E-state index contributed by atoms with van der Waals surface area (Å²) in [6.07, 6.45) is 5.41. The third-order valence-corrected chi connectivity index (χ3v) is 3.81. The lowest BCUT2D eigenvalue weighted by molar-refractivity contribution is -0.140. The minimum absolute atomic E-state index is 0.0808. The Morgan fingerprint density at radius 1 is 1.04 bits per heavy atom. The molecular formula is C18H22N2O3. The van der Waals surface area contributed by atoms with Gasteiger partial charge in [-0.2, -0.15) is 0 Å². The third kappa shape index (κ3) is 5.06. The summed E-state index contributed by atoms with van der Waals surface area (Å²) >= 11 is 0. The maximum atomic E-state index is 11.8. The van der Waals surface area contributed by atoms with Crippen molar-refractivity contribution >= 4 is 23.3 Å². The molecule has 1 aliphatic heterocycles. The first-order valence-electron chi connectivity index (χ1n) is 7.98. The second kappa shape index (κ2) is 8.27. The number of aryl methyl sites for hydroxylation is 1. The van der Waals surface area contributed by atoms with Crippen molar-refractivity contribution in [3.63, 3.8) is 0 Å². The molecule has 0 atom stereocenters. The van der Waals surface area contributed by atoms with E-state index in [9.17, 15) is 14.4 Å². The molecule has 0 radical (unpaired) electrons. The molecule has 1 N–H and O–H groups in total. The van der Waals surface area contributed by atoms with E-state index in [-0.39, 0.29) is 12.3 Å². The number of carbonyl (C=O) groups is 3. The fraction of sp³-hybridized carbons (Fsp3) is 0.389. The fourth-order valence-electron chi connectivity index (χ4n) is 2.38. The molecule has 5 nitrogen and oxygen atoms in total. The molecule has 0 aliphatic carbocycles. The Morgan fingerprint density at radius 3 is 2.30 bits per heavy atom. The lowest BCUT2D eigenvalue weighted by Crippen LogP contribution is -2.34. The number of hydrogen-bond acceptors (Lipinski definition) is 4. The zero-order chi connectivity index (χ0) is 16.7. The molecule has 0 spiro atoms. The molecule has 2 rings (SSSR count). The van der Waals surface area contributed by atoms with Gasteiger partial charge in [0.25, 0.3) is 11.8 Å². The van der Waals surface area contributed by atoms with E-state index in [0.29, 0.717) is 6.42 Å². The van der Waals surface area contributed by atoms with Crippen molar-refractivity contribution < 1.29 is 14.4 Å². The van der Waals surface area contributed by atoms with Gasteiger partial charge in [-0.25, -0.2) is 0 Å². The minimum atomic E-state index is -0.402. The normalized spacial score (nSPS) is 13.7. The van der Waals surface area contributed by atoms with E-state index < -0.39 is 11.8 Å². The van der Waals surface area contributed by atoms with E-state index in [1.54, 1.807) is 0 Å². The summed E-state index contributed by atoms with van der Waals surface area (Å²) in [5, 5.41) is 3.32. The molecule has 0 saturated heterocycles. The second-order valence-corrected chi connectivity index (χ2v) is 5.57.